The van der Waals surface area contributed by atoms with E-state index in [2.05, 4.69) is 117 Å². The third kappa shape index (κ3) is 7.92. The molecule has 1 fully saturated rings. The van der Waals surface area contributed by atoms with Crippen molar-refractivity contribution in [3.05, 3.63) is 102 Å². The van der Waals surface area contributed by atoms with E-state index in [0.29, 0.717) is 13.2 Å². The van der Waals surface area contributed by atoms with Gasteiger partial charge in [0.25, 0.3) is 0 Å². The van der Waals surface area contributed by atoms with E-state index in [-0.39, 0.29) is 16.9 Å². The molecule has 4 rings (SSSR count). The van der Waals surface area contributed by atoms with Crippen LogP contribution in [0, 0.1) is 5.41 Å². The van der Waals surface area contributed by atoms with E-state index in [0.717, 1.165) is 38.3 Å². The van der Waals surface area contributed by atoms with Crippen molar-refractivity contribution in [2.24, 2.45) is 5.41 Å². The van der Waals surface area contributed by atoms with Crippen molar-refractivity contribution < 1.29 is 9.84 Å². The first-order valence-electron chi connectivity index (χ1n) is 14.1. The summed E-state index contributed by atoms with van der Waals surface area (Å²) in [6.45, 7) is 16.2. The van der Waals surface area contributed by atoms with Crippen LogP contribution in [0.4, 0.5) is 0 Å². The number of aliphatic hydroxyl groups excluding tert-OH is 1. The number of aliphatic hydroxyl groups is 1. The standard InChI is InChI=1S/C34H46N2O2/c1-33(2,3)26-34(4,5)29-16-18-31(19-17-29)38-25-30(37)24-35-20-22-36(23-21-35)32(27-12-8-6-9-13-27)28-14-10-7-11-15-28/h6-19,30,32,37H,20-26H2,1-5H3. The van der Waals surface area contributed by atoms with E-state index in [9.17, 15) is 5.11 Å². The van der Waals surface area contributed by atoms with Gasteiger partial charge in [-0.05, 0) is 46.1 Å². The maximum absolute atomic E-state index is 10.7. The molecule has 0 saturated carbocycles. The quantitative estimate of drug-likeness (QED) is 0.333. The van der Waals surface area contributed by atoms with Crippen LogP contribution in [0.15, 0.2) is 84.9 Å². The average molecular weight is 515 g/mol. The zero-order valence-corrected chi connectivity index (χ0v) is 23.9. The molecule has 1 atom stereocenters. The number of ether oxygens (including phenoxy) is 1. The van der Waals surface area contributed by atoms with E-state index in [4.69, 9.17) is 4.74 Å². The van der Waals surface area contributed by atoms with Gasteiger partial charge >= 0.3 is 0 Å². The highest BCUT2D eigenvalue weighted by molar-refractivity contribution is 5.33. The fraction of sp³-hybridized carbons (Fsp3) is 0.471. The Balaban J connectivity index is 1.27. The Morgan fingerprint density at radius 1 is 0.737 bits per heavy atom. The molecule has 4 heteroatoms. The summed E-state index contributed by atoms with van der Waals surface area (Å²) in [5.41, 5.74) is 4.36. The Bertz CT molecular complexity index is 1060. The van der Waals surface area contributed by atoms with Crippen LogP contribution in [0.1, 0.15) is 63.8 Å². The number of benzene rings is 3. The summed E-state index contributed by atoms with van der Waals surface area (Å²) in [4.78, 5) is 4.92. The van der Waals surface area contributed by atoms with Crippen LogP contribution in [0.2, 0.25) is 0 Å². The molecule has 1 aliphatic rings. The molecular weight excluding hydrogens is 468 g/mol. The van der Waals surface area contributed by atoms with Crippen LogP contribution in [0.5, 0.6) is 5.75 Å². The van der Waals surface area contributed by atoms with E-state index in [1.165, 1.54) is 16.7 Å². The first-order valence-corrected chi connectivity index (χ1v) is 14.1. The molecule has 3 aromatic carbocycles. The van der Waals surface area contributed by atoms with Gasteiger partial charge in [0, 0.05) is 32.7 Å². The lowest BCUT2D eigenvalue weighted by Crippen LogP contribution is -2.50. The third-order valence-corrected chi connectivity index (χ3v) is 7.52. The Kier molecular flexibility index (Phi) is 9.30. The first kappa shape index (κ1) is 28.4. The number of hydrogen-bond donors (Lipinski definition) is 1. The molecule has 4 nitrogen and oxygen atoms in total. The van der Waals surface area contributed by atoms with Gasteiger partial charge in [-0.15, -0.1) is 0 Å². The molecule has 0 radical (unpaired) electrons. The van der Waals surface area contributed by atoms with Gasteiger partial charge in [-0.25, -0.2) is 0 Å². The summed E-state index contributed by atoms with van der Waals surface area (Å²) in [5, 5.41) is 10.7. The minimum absolute atomic E-state index is 0.110. The molecule has 1 heterocycles. The molecule has 204 valence electrons. The molecule has 3 aromatic rings. The van der Waals surface area contributed by atoms with E-state index < -0.39 is 6.10 Å². The number of hydrogen-bond acceptors (Lipinski definition) is 4. The van der Waals surface area contributed by atoms with Gasteiger partial charge in [-0.1, -0.05) is 107 Å². The number of rotatable bonds is 10. The summed E-state index contributed by atoms with van der Waals surface area (Å²) in [5.74, 6) is 0.817. The van der Waals surface area contributed by atoms with Crippen molar-refractivity contribution in [2.75, 3.05) is 39.3 Å². The molecule has 0 spiro atoms. The van der Waals surface area contributed by atoms with Crippen molar-refractivity contribution in [1.82, 2.24) is 9.80 Å². The van der Waals surface area contributed by atoms with Gasteiger partial charge in [0.15, 0.2) is 0 Å². The minimum Gasteiger partial charge on any atom is -0.491 e. The number of nitrogens with zero attached hydrogens (tertiary/aromatic N) is 2. The summed E-state index contributed by atoms with van der Waals surface area (Å²) >= 11 is 0. The Labute approximate surface area is 230 Å². The zero-order valence-electron chi connectivity index (χ0n) is 23.9. The molecular formula is C34H46N2O2. The molecule has 1 aliphatic heterocycles. The lowest BCUT2D eigenvalue weighted by Gasteiger charge is -2.40. The van der Waals surface area contributed by atoms with Crippen LogP contribution in [-0.2, 0) is 5.41 Å². The molecule has 1 N–H and O–H groups in total. The number of piperazine rings is 1. The van der Waals surface area contributed by atoms with Crippen molar-refractivity contribution in [3.63, 3.8) is 0 Å². The number of β-amino-alcohol motifs (C(OH)–C–C–N with tert-alkyl or cyclic N) is 1. The van der Waals surface area contributed by atoms with Crippen molar-refractivity contribution in [3.8, 4) is 5.75 Å². The second-order valence-electron chi connectivity index (χ2n) is 12.7. The lowest BCUT2D eigenvalue weighted by molar-refractivity contribution is 0.0401. The van der Waals surface area contributed by atoms with Crippen LogP contribution in [-0.4, -0.2) is 60.3 Å². The van der Waals surface area contributed by atoms with Gasteiger partial charge in [0.05, 0.1) is 6.04 Å². The van der Waals surface area contributed by atoms with Crippen molar-refractivity contribution >= 4 is 0 Å². The van der Waals surface area contributed by atoms with Gasteiger partial charge in [-0.2, -0.15) is 0 Å². The average Bonchev–Trinajstić information content (AvgIpc) is 2.89. The fourth-order valence-electron chi connectivity index (χ4n) is 6.06. The molecule has 1 saturated heterocycles. The van der Waals surface area contributed by atoms with Gasteiger partial charge < -0.3 is 9.84 Å². The van der Waals surface area contributed by atoms with Gasteiger partial charge in [0.2, 0.25) is 0 Å². The highest BCUT2D eigenvalue weighted by Gasteiger charge is 2.28. The maximum Gasteiger partial charge on any atom is 0.119 e. The highest BCUT2D eigenvalue weighted by Crippen LogP contribution is 2.36. The largest absolute Gasteiger partial charge is 0.491 e. The third-order valence-electron chi connectivity index (χ3n) is 7.52. The predicted octanol–water partition coefficient (Wildman–Crippen LogP) is 6.55. The molecule has 38 heavy (non-hydrogen) atoms. The Morgan fingerprint density at radius 3 is 1.76 bits per heavy atom. The maximum atomic E-state index is 10.7. The van der Waals surface area contributed by atoms with Crippen molar-refractivity contribution in [1.29, 1.82) is 0 Å². The Hall–Kier alpha value is -2.66. The topological polar surface area (TPSA) is 35.9 Å². The second-order valence-corrected chi connectivity index (χ2v) is 12.7. The minimum atomic E-state index is -0.516. The SMILES string of the molecule is CC(C)(C)CC(C)(C)c1ccc(OCC(O)CN2CCN(C(c3ccccc3)c3ccccc3)CC2)cc1. The summed E-state index contributed by atoms with van der Waals surface area (Å²) in [6.07, 6.45) is 0.599. The molecule has 0 amide bonds. The zero-order chi connectivity index (χ0) is 27.2. The van der Waals surface area contributed by atoms with Crippen LogP contribution >= 0.6 is 0 Å². The van der Waals surface area contributed by atoms with Crippen LogP contribution in [0.25, 0.3) is 0 Å². The van der Waals surface area contributed by atoms with E-state index in [1.54, 1.807) is 0 Å². The monoisotopic (exact) mass is 514 g/mol. The van der Waals surface area contributed by atoms with Gasteiger partial charge in [-0.3, -0.25) is 9.80 Å². The molecule has 1 unspecified atom stereocenters. The summed E-state index contributed by atoms with van der Waals surface area (Å²) in [7, 11) is 0. The smallest absolute Gasteiger partial charge is 0.119 e. The first-order chi connectivity index (χ1) is 18.1. The molecule has 0 bridgehead atoms. The highest BCUT2D eigenvalue weighted by atomic mass is 16.5. The Morgan fingerprint density at radius 2 is 1.26 bits per heavy atom. The predicted molar refractivity (Wildman–Crippen MR) is 158 cm³/mol. The summed E-state index contributed by atoms with van der Waals surface area (Å²) < 4.78 is 5.97. The summed E-state index contributed by atoms with van der Waals surface area (Å²) in [6, 6.07) is 30.2. The molecule has 0 aromatic heterocycles. The van der Waals surface area contributed by atoms with Crippen molar-refractivity contribution in [2.45, 2.75) is 58.6 Å². The normalized spacial score (nSPS) is 16.5. The molecule has 0 aliphatic carbocycles. The van der Waals surface area contributed by atoms with Gasteiger partial charge in [0.1, 0.15) is 18.5 Å². The van der Waals surface area contributed by atoms with E-state index in [1.807, 2.05) is 12.1 Å². The lowest BCUT2D eigenvalue weighted by atomic mass is 9.72. The fourth-order valence-corrected chi connectivity index (χ4v) is 6.06. The van der Waals surface area contributed by atoms with Crippen LogP contribution in [0.3, 0.4) is 0 Å². The van der Waals surface area contributed by atoms with Crippen LogP contribution < -0.4 is 4.74 Å². The van der Waals surface area contributed by atoms with E-state index >= 15 is 0 Å². The second kappa shape index (κ2) is 12.5.